The summed E-state index contributed by atoms with van der Waals surface area (Å²) in [7, 11) is 0. The SMILES string of the molecule is Cc1csc(=O)n1CCCC(=O)NCC1(c2ccccc2)CCC1. The van der Waals surface area contributed by atoms with Gasteiger partial charge < -0.3 is 9.88 Å². The number of aryl methyl sites for hydroxylation is 1. The van der Waals surface area contributed by atoms with Crippen molar-refractivity contribution in [3.05, 3.63) is 56.6 Å². The molecule has 0 bridgehead atoms. The van der Waals surface area contributed by atoms with Gasteiger partial charge in [-0.3, -0.25) is 9.59 Å². The Morgan fingerprint density at radius 3 is 2.62 bits per heavy atom. The average Bonchev–Trinajstić information content (AvgIpc) is 2.87. The molecule has 1 saturated carbocycles. The highest BCUT2D eigenvalue weighted by Crippen LogP contribution is 2.43. The van der Waals surface area contributed by atoms with Crippen molar-refractivity contribution < 1.29 is 4.79 Å². The third-order valence-corrected chi connectivity index (χ3v) is 5.96. The third kappa shape index (κ3) is 3.61. The van der Waals surface area contributed by atoms with E-state index in [2.05, 4.69) is 29.6 Å². The zero-order chi connectivity index (χ0) is 17.0. The Morgan fingerprint density at radius 2 is 2.04 bits per heavy atom. The summed E-state index contributed by atoms with van der Waals surface area (Å²) in [6, 6.07) is 10.5. The second kappa shape index (κ2) is 7.34. The molecule has 1 amide bonds. The molecule has 1 heterocycles. The predicted molar refractivity (Wildman–Crippen MR) is 97.5 cm³/mol. The Bertz CT molecular complexity index is 744. The smallest absolute Gasteiger partial charge is 0.307 e. The molecule has 0 saturated heterocycles. The summed E-state index contributed by atoms with van der Waals surface area (Å²) < 4.78 is 1.75. The van der Waals surface area contributed by atoms with Crippen LogP contribution in [0.2, 0.25) is 0 Å². The van der Waals surface area contributed by atoms with Crippen LogP contribution in [0.4, 0.5) is 0 Å². The van der Waals surface area contributed by atoms with Gasteiger partial charge in [0.05, 0.1) is 0 Å². The predicted octanol–water partition coefficient (Wildman–Crippen LogP) is 3.24. The monoisotopic (exact) mass is 344 g/mol. The van der Waals surface area contributed by atoms with Gasteiger partial charge in [-0.1, -0.05) is 48.1 Å². The van der Waals surface area contributed by atoms with E-state index in [0.29, 0.717) is 25.9 Å². The quantitative estimate of drug-likeness (QED) is 0.838. The van der Waals surface area contributed by atoms with Crippen LogP contribution in [0.5, 0.6) is 0 Å². The number of hydrogen-bond acceptors (Lipinski definition) is 3. The number of hydrogen-bond donors (Lipinski definition) is 1. The van der Waals surface area contributed by atoms with E-state index in [9.17, 15) is 9.59 Å². The number of amides is 1. The van der Waals surface area contributed by atoms with Crippen molar-refractivity contribution in [3.63, 3.8) is 0 Å². The Hall–Kier alpha value is -1.88. The summed E-state index contributed by atoms with van der Waals surface area (Å²) in [5.41, 5.74) is 2.43. The number of nitrogens with zero attached hydrogens (tertiary/aromatic N) is 1. The van der Waals surface area contributed by atoms with Crippen molar-refractivity contribution >= 4 is 17.2 Å². The molecule has 0 atom stereocenters. The lowest BCUT2D eigenvalue weighted by Gasteiger charge is -2.42. The molecule has 0 aliphatic heterocycles. The average molecular weight is 344 g/mol. The highest BCUT2D eigenvalue weighted by molar-refractivity contribution is 7.07. The third-order valence-electron chi connectivity index (χ3n) is 5.08. The van der Waals surface area contributed by atoms with Gasteiger partial charge in [-0.2, -0.15) is 0 Å². The van der Waals surface area contributed by atoms with E-state index in [1.807, 2.05) is 18.4 Å². The van der Waals surface area contributed by atoms with Gasteiger partial charge in [0.1, 0.15) is 0 Å². The molecular weight excluding hydrogens is 320 g/mol. The number of carbonyl (C=O) groups excluding carboxylic acids is 1. The molecule has 0 radical (unpaired) electrons. The minimum atomic E-state index is 0.0606. The molecule has 24 heavy (non-hydrogen) atoms. The molecule has 5 heteroatoms. The molecule has 1 aromatic heterocycles. The van der Waals surface area contributed by atoms with Gasteiger partial charge in [0.15, 0.2) is 0 Å². The van der Waals surface area contributed by atoms with Crippen LogP contribution >= 0.6 is 11.3 Å². The summed E-state index contributed by atoms with van der Waals surface area (Å²) >= 11 is 1.22. The second-order valence-electron chi connectivity index (χ2n) is 6.67. The van der Waals surface area contributed by atoms with E-state index >= 15 is 0 Å². The van der Waals surface area contributed by atoms with Crippen LogP contribution in [0.1, 0.15) is 43.4 Å². The van der Waals surface area contributed by atoms with Crippen molar-refractivity contribution in [1.29, 1.82) is 0 Å². The molecular formula is C19H24N2O2S. The van der Waals surface area contributed by atoms with Crippen molar-refractivity contribution in [2.24, 2.45) is 0 Å². The molecule has 0 unspecified atom stereocenters. The van der Waals surface area contributed by atoms with E-state index in [4.69, 9.17) is 0 Å². The first-order valence-corrected chi connectivity index (χ1v) is 9.46. The van der Waals surface area contributed by atoms with Gasteiger partial charge in [-0.15, -0.1) is 0 Å². The van der Waals surface area contributed by atoms with Crippen LogP contribution in [0, 0.1) is 6.92 Å². The first-order valence-electron chi connectivity index (χ1n) is 8.58. The van der Waals surface area contributed by atoms with E-state index in [1.54, 1.807) is 4.57 Å². The molecule has 1 aromatic carbocycles. The molecule has 0 spiro atoms. The van der Waals surface area contributed by atoms with E-state index in [-0.39, 0.29) is 16.2 Å². The lowest BCUT2D eigenvalue weighted by atomic mass is 9.64. The Balaban J connectivity index is 1.48. The summed E-state index contributed by atoms with van der Waals surface area (Å²) in [6.07, 6.45) is 4.67. The van der Waals surface area contributed by atoms with Gasteiger partial charge in [-0.25, -0.2) is 0 Å². The Morgan fingerprint density at radius 1 is 1.29 bits per heavy atom. The minimum Gasteiger partial charge on any atom is -0.355 e. The standard InChI is InChI=1S/C19H24N2O2S/c1-15-13-24-18(23)21(15)12-5-9-17(22)20-14-19(10-6-11-19)16-7-3-2-4-8-16/h2-4,7-8,13H,5-6,9-12,14H2,1H3,(H,20,22). The fourth-order valence-corrected chi connectivity index (χ4v) is 4.15. The number of aromatic nitrogens is 1. The van der Waals surface area contributed by atoms with Crippen LogP contribution in [-0.2, 0) is 16.8 Å². The van der Waals surface area contributed by atoms with Crippen molar-refractivity contribution in [1.82, 2.24) is 9.88 Å². The maximum Gasteiger partial charge on any atom is 0.307 e. The van der Waals surface area contributed by atoms with Gasteiger partial charge in [0.2, 0.25) is 5.91 Å². The highest BCUT2D eigenvalue weighted by atomic mass is 32.1. The fourth-order valence-electron chi connectivity index (χ4n) is 3.39. The summed E-state index contributed by atoms with van der Waals surface area (Å²) in [6.45, 7) is 3.26. The number of nitrogens with one attached hydrogen (secondary N) is 1. The van der Waals surface area contributed by atoms with Crippen LogP contribution in [-0.4, -0.2) is 17.0 Å². The molecule has 2 aromatic rings. The number of rotatable bonds is 7. The van der Waals surface area contributed by atoms with Gasteiger partial charge >= 0.3 is 4.87 Å². The van der Waals surface area contributed by atoms with E-state index in [1.165, 1.54) is 23.3 Å². The molecule has 4 nitrogen and oxygen atoms in total. The molecule has 1 fully saturated rings. The molecule has 1 aliphatic carbocycles. The topological polar surface area (TPSA) is 51.1 Å². The normalized spacial score (nSPS) is 15.7. The fraction of sp³-hybridized carbons (Fsp3) is 0.474. The van der Waals surface area contributed by atoms with Crippen LogP contribution < -0.4 is 10.2 Å². The lowest BCUT2D eigenvalue weighted by molar-refractivity contribution is -0.121. The first-order chi connectivity index (χ1) is 11.6. The zero-order valence-corrected chi connectivity index (χ0v) is 14.9. The number of carbonyl (C=O) groups is 1. The maximum absolute atomic E-state index is 12.2. The van der Waals surface area contributed by atoms with Gasteiger partial charge in [0, 0.05) is 36.0 Å². The summed E-state index contributed by atoms with van der Waals surface area (Å²) in [4.78, 5) is 23.9. The lowest BCUT2D eigenvalue weighted by Crippen LogP contribution is -2.45. The number of thiazole rings is 1. The van der Waals surface area contributed by atoms with E-state index in [0.717, 1.165) is 18.5 Å². The second-order valence-corrected chi connectivity index (χ2v) is 7.50. The molecule has 1 N–H and O–H groups in total. The Labute approximate surface area is 146 Å². The largest absolute Gasteiger partial charge is 0.355 e. The van der Waals surface area contributed by atoms with Gasteiger partial charge in [-0.05, 0) is 31.7 Å². The zero-order valence-electron chi connectivity index (χ0n) is 14.1. The maximum atomic E-state index is 12.2. The van der Waals surface area contributed by atoms with Crippen LogP contribution in [0.25, 0.3) is 0 Å². The first kappa shape index (κ1) is 17.0. The number of benzene rings is 1. The van der Waals surface area contributed by atoms with E-state index < -0.39 is 0 Å². The summed E-state index contributed by atoms with van der Waals surface area (Å²) in [5.74, 6) is 0.0816. The Kier molecular flexibility index (Phi) is 5.19. The minimum absolute atomic E-state index is 0.0606. The van der Waals surface area contributed by atoms with Gasteiger partial charge in [0.25, 0.3) is 0 Å². The molecule has 128 valence electrons. The van der Waals surface area contributed by atoms with Crippen LogP contribution in [0.15, 0.2) is 40.5 Å². The van der Waals surface area contributed by atoms with Crippen molar-refractivity contribution in [2.45, 2.75) is 51.0 Å². The van der Waals surface area contributed by atoms with Crippen molar-refractivity contribution in [2.75, 3.05) is 6.54 Å². The molecule has 1 aliphatic rings. The van der Waals surface area contributed by atoms with Crippen molar-refractivity contribution in [3.8, 4) is 0 Å². The summed E-state index contributed by atoms with van der Waals surface area (Å²) in [5, 5.41) is 4.97. The molecule has 3 rings (SSSR count). The van der Waals surface area contributed by atoms with Crippen LogP contribution in [0.3, 0.4) is 0 Å². The highest BCUT2D eigenvalue weighted by Gasteiger charge is 2.38.